The van der Waals surface area contributed by atoms with Crippen LogP contribution in [0.5, 0.6) is 0 Å². The van der Waals surface area contributed by atoms with E-state index in [1.165, 1.54) is 20.2 Å². The van der Waals surface area contributed by atoms with Crippen LogP contribution in [0.1, 0.15) is 5.76 Å². The predicted molar refractivity (Wildman–Crippen MR) is 73.5 cm³/mol. The van der Waals surface area contributed by atoms with Crippen molar-refractivity contribution in [1.82, 2.24) is 19.4 Å². The Kier molecular flexibility index (Phi) is 4.58. The highest BCUT2D eigenvalue weighted by Crippen LogP contribution is 2.16. The summed E-state index contributed by atoms with van der Waals surface area (Å²) in [5.41, 5.74) is 0. The van der Waals surface area contributed by atoms with Gasteiger partial charge in [-0.05, 0) is 18.2 Å². The molecule has 0 fully saturated rings. The topological polar surface area (TPSA) is 80.4 Å². The summed E-state index contributed by atoms with van der Waals surface area (Å²) in [6.07, 6.45) is 3.61. The average Bonchev–Trinajstić information content (AvgIpc) is 3.06. The second kappa shape index (κ2) is 6.21. The fraction of sp³-hybridized carbons (Fsp3) is 0.417. The van der Waals surface area contributed by atoms with Gasteiger partial charge in [0, 0.05) is 33.0 Å². The number of nitrogens with zero attached hydrogens (tertiary/aromatic N) is 3. The van der Waals surface area contributed by atoms with E-state index >= 15 is 0 Å². The van der Waals surface area contributed by atoms with Crippen LogP contribution in [0.25, 0.3) is 0 Å². The van der Waals surface area contributed by atoms with Gasteiger partial charge in [0.05, 0.1) is 13.1 Å². The lowest BCUT2D eigenvalue weighted by atomic mass is 10.4. The Labute approximate surface area is 118 Å². The van der Waals surface area contributed by atoms with E-state index in [4.69, 9.17) is 4.42 Å². The second-order valence-electron chi connectivity index (χ2n) is 4.45. The molecule has 0 spiro atoms. The lowest BCUT2D eigenvalue weighted by molar-refractivity contribution is 0.387. The van der Waals surface area contributed by atoms with Crippen molar-refractivity contribution in [3.63, 3.8) is 0 Å². The van der Waals surface area contributed by atoms with Crippen LogP contribution in [0.4, 0.5) is 0 Å². The molecule has 1 N–H and O–H groups in total. The SMILES string of the molecule is CN(C)S(=O)(=O)c1ccc(CNCCn2cccn2)o1. The molecule has 0 bridgehead atoms. The predicted octanol–water partition coefficient (Wildman–Crippen LogP) is 0.516. The summed E-state index contributed by atoms with van der Waals surface area (Å²) in [4.78, 5) is 0. The molecule has 2 aromatic heterocycles. The molecular weight excluding hydrogens is 280 g/mol. The summed E-state index contributed by atoms with van der Waals surface area (Å²) >= 11 is 0. The highest BCUT2D eigenvalue weighted by Gasteiger charge is 2.21. The maximum atomic E-state index is 11.8. The fourth-order valence-electron chi connectivity index (χ4n) is 1.61. The number of rotatable bonds is 7. The Hall–Kier alpha value is -1.64. The number of hydrogen-bond acceptors (Lipinski definition) is 5. The molecule has 2 heterocycles. The van der Waals surface area contributed by atoms with Gasteiger partial charge in [-0.3, -0.25) is 4.68 Å². The first-order valence-corrected chi connectivity index (χ1v) is 7.63. The molecule has 110 valence electrons. The van der Waals surface area contributed by atoms with Crippen molar-refractivity contribution in [2.75, 3.05) is 20.6 Å². The first-order chi connectivity index (χ1) is 9.50. The Bertz CT molecular complexity index is 631. The molecular formula is C12H18N4O3S. The van der Waals surface area contributed by atoms with E-state index in [0.29, 0.717) is 12.3 Å². The summed E-state index contributed by atoms with van der Waals surface area (Å²) < 4.78 is 31.9. The molecule has 0 unspecified atom stereocenters. The molecule has 0 aromatic carbocycles. The van der Waals surface area contributed by atoms with Crippen LogP contribution < -0.4 is 5.32 Å². The zero-order chi connectivity index (χ0) is 14.6. The molecule has 0 amide bonds. The third-order valence-corrected chi connectivity index (χ3v) is 4.44. The van der Waals surface area contributed by atoms with Crippen molar-refractivity contribution in [2.24, 2.45) is 0 Å². The number of hydrogen-bond donors (Lipinski definition) is 1. The van der Waals surface area contributed by atoms with Gasteiger partial charge in [-0.2, -0.15) is 5.10 Å². The van der Waals surface area contributed by atoms with E-state index in [9.17, 15) is 8.42 Å². The van der Waals surface area contributed by atoms with E-state index < -0.39 is 10.0 Å². The normalized spacial score (nSPS) is 12.2. The second-order valence-corrected chi connectivity index (χ2v) is 6.54. The molecule has 0 aliphatic rings. The quantitative estimate of drug-likeness (QED) is 0.754. The summed E-state index contributed by atoms with van der Waals surface area (Å²) in [6.45, 7) is 1.94. The maximum Gasteiger partial charge on any atom is 0.275 e. The third kappa shape index (κ3) is 3.47. The molecule has 0 atom stereocenters. The van der Waals surface area contributed by atoms with Crippen LogP contribution in [0.2, 0.25) is 0 Å². The van der Waals surface area contributed by atoms with Crippen LogP contribution in [0, 0.1) is 0 Å². The van der Waals surface area contributed by atoms with Gasteiger partial charge >= 0.3 is 0 Å². The van der Waals surface area contributed by atoms with E-state index in [1.807, 2.05) is 16.9 Å². The van der Waals surface area contributed by atoms with Gasteiger partial charge in [-0.25, -0.2) is 12.7 Å². The van der Waals surface area contributed by atoms with E-state index in [-0.39, 0.29) is 5.09 Å². The van der Waals surface area contributed by atoms with Crippen molar-refractivity contribution in [2.45, 2.75) is 18.2 Å². The van der Waals surface area contributed by atoms with Crippen molar-refractivity contribution in [3.05, 3.63) is 36.4 Å². The van der Waals surface area contributed by atoms with Crippen molar-refractivity contribution >= 4 is 10.0 Å². The first-order valence-electron chi connectivity index (χ1n) is 6.19. The molecule has 0 aliphatic heterocycles. The van der Waals surface area contributed by atoms with Gasteiger partial charge in [-0.1, -0.05) is 0 Å². The lowest BCUT2D eigenvalue weighted by Gasteiger charge is -2.08. The summed E-state index contributed by atoms with van der Waals surface area (Å²) in [5, 5.41) is 7.22. The molecule has 0 saturated carbocycles. The Morgan fingerprint density at radius 3 is 2.85 bits per heavy atom. The van der Waals surface area contributed by atoms with Crippen molar-refractivity contribution in [1.29, 1.82) is 0 Å². The van der Waals surface area contributed by atoms with Gasteiger partial charge < -0.3 is 9.73 Å². The number of sulfonamides is 1. The average molecular weight is 298 g/mol. The fourth-order valence-corrected chi connectivity index (χ4v) is 2.42. The van der Waals surface area contributed by atoms with E-state index in [1.54, 1.807) is 12.3 Å². The summed E-state index contributed by atoms with van der Waals surface area (Å²) in [7, 11) is -0.553. The van der Waals surface area contributed by atoms with Crippen LogP contribution in [-0.2, 0) is 23.1 Å². The molecule has 2 rings (SSSR count). The minimum atomic E-state index is -3.50. The third-order valence-electron chi connectivity index (χ3n) is 2.75. The van der Waals surface area contributed by atoms with Gasteiger partial charge in [0.2, 0.25) is 5.09 Å². The molecule has 0 saturated heterocycles. The largest absolute Gasteiger partial charge is 0.447 e. The van der Waals surface area contributed by atoms with Crippen molar-refractivity contribution < 1.29 is 12.8 Å². The maximum absolute atomic E-state index is 11.8. The minimum Gasteiger partial charge on any atom is -0.447 e. The molecule has 8 heteroatoms. The molecule has 0 radical (unpaired) electrons. The summed E-state index contributed by atoms with van der Waals surface area (Å²) in [5.74, 6) is 0.589. The van der Waals surface area contributed by atoms with E-state index in [0.717, 1.165) is 17.4 Å². The number of aromatic nitrogens is 2. The summed E-state index contributed by atoms with van der Waals surface area (Å²) in [6, 6.07) is 5.00. The molecule has 20 heavy (non-hydrogen) atoms. The standard InChI is InChI=1S/C12H18N4O3S/c1-15(2)20(17,18)12-5-4-11(19-12)10-13-7-9-16-8-3-6-14-16/h3-6,8,13H,7,9-10H2,1-2H3. The van der Waals surface area contributed by atoms with Gasteiger partial charge in [0.1, 0.15) is 5.76 Å². The zero-order valence-electron chi connectivity index (χ0n) is 11.5. The molecule has 2 aromatic rings. The Balaban J connectivity index is 1.84. The van der Waals surface area contributed by atoms with Crippen LogP contribution >= 0.6 is 0 Å². The Morgan fingerprint density at radius 2 is 2.20 bits per heavy atom. The van der Waals surface area contributed by atoms with Crippen LogP contribution in [0.3, 0.4) is 0 Å². The van der Waals surface area contributed by atoms with Gasteiger partial charge in [0.25, 0.3) is 10.0 Å². The van der Waals surface area contributed by atoms with Crippen LogP contribution in [0.15, 0.2) is 40.1 Å². The molecule has 7 nitrogen and oxygen atoms in total. The first kappa shape index (κ1) is 14.8. The van der Waals surface area contributed by atoms with Crippen molar-refractivity contribution in [3.8, 4) is 0 Å². The van der Waals surface area contributed by atoms with Crippen LogP contribution in [-0.4, -0.2) is 43.1 Å². The highest BCUT2D eigenvalue weighted by molar-refractivity contribution is 7.88. The van der Waals surface area contributed by atoms with E-state index in [2.05, 4.69) is 10.4 Å². The number of furan rings is 1. The number of nitrogens with one attached hydrogen (secondary N) is 1. The lowest BCUT2D eigenvalue weighted by Crippen LogP contribution is -2.21. The van der Waals surface area contributed by atoms with Gasteiger partial charge in [0.15, 0.2) is 0 Å². The zero-order valence-corrected chi connectivity index (χ0v) is 12.3. The smallest absolute Gasteiger partial charge is 0.275 e. The molecule has 0 aliphatic carbocycles. The van der Waals surface area contributed by atoms with Gasteiger partial charge in [-0.15, -0.1) is 0 Å². The monoisotopic (exact) mass is 298 g/mol. The highest BCUT2D eigenvalue weighted by atomic mass is 32.2. The minimum absolute atomic E-state index is 0.0358. The Morgan fingerprint density at radius 1 is 1.40 bits per heavy atom.